The smallest absolute Gasteiger partial charge is 0.148 e. The van der Waals surface area contributed by atoms with E-state index in [4.69, 9.17) is 11.6 Å². The van der Waals surface area contributed by atoms with Gasteiger partial charge in [0.1, 0.15) is 5.82 Å². The Morgan fingerprint density at radius 2 is 1.82 bits per heavy atom. The second-order valence-corrected chi connectivity index (χ2v) is 4.17. The van der Waals surface area contributed by atoms with Gasteiger partial charge in [-0.2, -0.15) is 0 Å². The van der Waals surface area contributed by atoms with Gasteiger partial charge >= 0.3 is 0 Å². The van der Waals surface area contributed by atoms with Crippen LogP contribution in [0.3, 0.4) is 0 Å². The molecule has 0 amide bonds. The number of rotatable bonds is 4. The van der Waals surface area contributed by atoms with Crippen molar-refractivity contribution in [2.24, 2.45) is 0 Å². The lowest BCUT2D eigenvalue weighted by molar-refractivity contribution is 0.945. The van der Waals surface area contributed by atoms with E-state index in [0.717, 1.165) is 35.1 Å². The van der Waals surface area contributed by atoms with Crippen molar-refractivity contribution in [1.29, 1.82) is 0 Å². The number of benzene rings is 1. The van der Waals surface area contributed by atoms with Crippen LogP contribution in [0.4, 0.5) is 5.82 Å². The number of halogens is 1. The molecule has 0 fully saturated rings. The summed E-state index contributed by atoms with van der Waals surface area (Å²) in [7, 11) is 0. The van der Waals surface area contributed by atoms with Gasteiger partial charge in [0.15, 0.2) is 0 Å². The Hall–Kier alpha value is -1.61. The molecule has 0 unspecified atom stereocenters. The van der Waals surface area contributed by atoms with E-state index in [1.807, 2.05) is 36.4 Å². The average Bonchev–Trinajstić information content (AvgIpc) is 2.38. The molecule has 4 heteroatoms. The van der Waals surface area contributed by atoms with Crippen molar-refractivity contribution >= 4 is 17.4 Å². The second-order valence-electron chi connectivity index (χ2n) is 3.74. The standard InChI is InChI=1S/C13H14ClN3/c1-2-9-15-13-8-7-12(16-17-13)10-3-5-11(14)6-4-10/h3-8H,2,9H2,1H3,(H,15,17). The number of aromatic nitrogens is 2. The first-order chi connectivity index (χ1) is 8.29. The molecule has 3 nitrogen and oxygen atoms in total. The van der Waals surface area contributed by atoms with E-state index in [-0.39, 0.29) is 0 Å². The lowest BCUT2D eigenvalue weighted by atomic mass is 10.1. The van der Waals surface area contributed by atoms with Crippen molar-refractivity contribution in [1.82, 2.24) is 10.2 Å². The molecule has 88 valence electrons. The van der Waals surface area contributed by atoms with Crippen molar-refractivity contribution in [2.45, 2.75) is 13.3 Å². The maximum Gasteiger partial charge on any atom is 0.148 e. The summed E-state index contributed by atoms with van der Waals surface area (Å²) >= 11 is 5.84. The molecule has 1 heterocycles. The van der Waals surface area contributed by atoms with Crippen molar-refractivity contribution < 1.29 is 0 Å². The van der Waals surface area contributed by atoms with Crippen molar-refractivity contribution in [2.75, 3.05) is 11.9 Å². The lowest BCUT2D eigenvalue weighted by Crippen LogP contribution is -2.02. The molecule has 0 bridgehead atoms. The maximum absolute atomic E-state index is 5.84. The minimum Gasteiger partial charge on any atom is -0.369 e. The molecule has 2 aromatic rings. The third-order valence-electron chi connectivity index (χ3n) is 2.36. The van der Waals surface area contributed by atoms with E-state index in [1.165, 1.54) is 0 Å². The molecule has 17 heavy (non-hydrogen) atoms. The summed E-state index contributed by atoms with van der Waals surface area (Å²) < 4.78 is 0. The zero-order chi connectivity index (χ0) is 12.1. The van der Waals surface area contributed by atoms with Crippen LogP contribution in [0, 0.1) is 0 Å². The summed E-state index contributed by atoms with van der Waals surface area (Å²) in [5.74, 6) is 0.810. The molecule has 1 aromatic carbocycles. The summed E-state index contributed by atoms with van der Waals surface area (Å²) in [4.78, 5) is 0. The van der Waals surface area contributed by atoms with E-state index in [2.05, 4.69) is 22.4 Å². The van der Waals surface area contributed by atoms with Gasteiger partial charge in [-0.25, -0.2) is 0 Å². The first-order valence-corrected chi connectivity index (χ1v) is 6.01. The lowest BCUT2D eigenvalue weighted by Gasteiger charge is -2.04. The van der Waals surface area contributed by atoms with E-state index < -0.39 is 0 Å². The Labute approximate surface area is 106 Å². The van der Waals surface area contributed by atoms with Crippen LogP contribution in [0.15, 0.2) is 36.4 Å². The zero-order valence-corrected chi connectivity index (χ0v) is 10.4. The molecule has 0 saturated heterocycles. The summed E-state index contributed by atoms with van der Waals surface area (Å²) in [5, 5.41) is 12.2. The highest BCUT2D eigenvalue weighted by Gasteiger charge is 2.00. The number of anilines is 1. The van der Waals surface area contributed by atoms with Gasteiger partial charge in [-0.15, -0.1) is 10.2 Å². The van der Waals surface area contributed by atoms with Gasteiger partial charge in [0, 0.05) is 17.1 Å². The third-order valence-corrected chi connectivity index (χ3v) is 2.61. The quantitative estimate of drug-likeness (QED) is 0.897. The second kappa shape index (κ2) is 5.64. The van der Waals surface area contributed by atoms with Crippen LogP contribution in [0.2, 0.25) is 5.02 Å². The molecule has 0 radical (unpaired) electrons. The van der Waals surface area contributed by atoms with Gasteiger partial charge in [-0.05, 0) is 30.7 Å². The van der Waals surface area contributed by atoms with E-state index in [1.54, 1.807) is 0 Å². The molecular weight excluding hydrogens is 234 g/mol. The van der Waals surface area contributed by atoms with E-state index in [0.29, 0.717) is 0 Å². The molecule has 2 rings (SSSR count). The largest absolute Gasteiger partial charge is 0.369 e. The van der Waals surface area contributed by atoms with Crippen LogP contribution in [0.25, 0.3) is 11.3 Å². The Balaban J connectivity index is 2.14. The Morgan fingerprint density at radius 3 is 2.41 bits per heavy atom. The average molecular weight is 248 g/mol. The van der Waals surface area contributed by atoms with Gasteiger partial charge in [0.25, 0.3) is 0 Å². The minimum absolute atomic E-state index is 0.725. The number of hydrogen-bond donors (Lipinski definition) is 1. The number of hydrogen-bond acceptors (Lipinski definition) is 3. The number of nitrogens with zero attached hydrogens (tertiary/aromatic N) is 2. The molecule has 0 aliphatic heterocycles. The molecule has 1 N–H and O–H groups in total. The van der Waals surface area contributed by atoms with Crippen LogP contribution >= 0.6 is 11.6 Å². The van der Waals surface area contributed by atoms with Crippen molar-refractivity contribution in [3.8, 4) is 11.3 Å². The van der Waals surface area contributed by atoms with Gasteiger partial charge in [-0.3, -0.25) is 0 Å². The van der Waals surface area contributed by atoms with Gasteiger partial charge in [0.2, 0.25) is 0 Å². The van der Waals surface area contributed by atoms with Gasteiger partial charge < -0.3 is 5.32 Å². The molecule has 1 aromatic heterocycles. The van der Waals surface area contributed by atoms with Crippen LogP contribution < -0.4 is 5.32 Å². The SMILES string of the molecule is CCCNc1ccc(-c2ccc(Cl)cc2)nn1. The fourth-order valence-corrected chi connectivity index (χ4v) is 1.58. The predicted molar refractivity (Wildman–Crippen MR) is 71.3 cm³/mol. The molecule has 0 atom stereocenters. The molecule has 0 aliphatic rings. The van der Waals surface area contributed by atoms with Crippen LogP contribution in [-0.2, 0) is 0 Å². The highest BCUT2D eigenvalue weighted by Crippen LogP contribution is 2.19. The Bertz CT molecular complexity index is 465. The molecule has 0 aliphatic carbocycles. The highest BCUT2D eigenvalue weighted by atomic mass is 35.5. The van der Waals surface area contributed by atoms with Crippen LogP contribution in [-0.4, -0.2) is 16.7 Å². The normalized spacial score (nSPS) is 10.2. The maximum atomic E-state index is 5.84. The van der Waals surface area contributed by atoms with Crippen LogP contribution in [0.5, 0.6) is 0 Å². The first kappa shape index (κ1) is 11.9. The highest BCUT2D eigenvalue weighted by molar-refractivity contribution is 6.30. The third kappa shape index (κ3) is 3.17. The van der Waals surface area contributed by atoms with E-state index >= 15 is 0 Å². The topological polar surface area (TPSA) is 37.8 Å². The minimum atomic E-state index is 0.725. The fourth-order valence-electron chi connectivity index (χ4n) is 1.45. The van der Waals surface area contributed by atoms with Crippen LogP contribution in [0.1, 0.15) is 13.3 Å². The van der Waals surface area contributed by atoms with Crippen molar-refractivity contribution in [3.05, 3.63) is 41.4 Å². The monoisotopic (exact) mass is 247 g/mol. The predicted octanol–water partition coefficient (Wildman–Crippen LogP) is 3.62. The fraction of sp³-hybridized carbons (Fsp3) is 0.231. The Kier molecular flexibility index (Phi) is 3.94. The summed E-state index contributed by atoms with van der Waals surface area (Å²) in [6.45, 7) is 3.03. The summed E-state index contributed by atoms with van der Waals surface area (Å²) in [5.41, 5.74) is 1.87. The molecule has 0 saturated carbocycles. The van der Waals surface area contributed by atoms with Gasteiger partial charge in [0.05, 0.1) is 5.69 Å². The summed E-state index contributed by atoms with van der Waals surface area (Å²) in [6, 6.07) is 11.5. The van der Waals surface area contributed by atoms with Gasteiger partial charge in [-0.1, -0.05) is 30.7 Å². The zero-order valence-electron chi connectivity index (χ0n) is 9.65. The first-order valence-electron chi connectivity index (χ1n) is 5.63. The molecular formula is C13H14ClN3. The number of nitrogens with one attached hydrogen (secondary N) is 1. The molecule has 0 spiro atoms. The Morgan fingerprint density at radius 1 is 1.06 bits per heavy atom. The summed E-state index contributed by atoms with van der Waals surface area (Å²) in [6.07, 6.45) is 1.07. The van der Waals surface area contributed by atoms with Crippen molar-refractivity contribution in [3.63, 3.8) is 0 Å². The van der Waals surface area contributed by atoms with E-state index in [9.17, 15) is 0 Å².